The van der Waals surface area contributed by atoms with E-state index < -0.39 is 0 Å². The summed E-state index contributed by atoms with van der Waals surface area (Å²) in [7, 11) is 0. The average Bonchev–Trinajstić information content (AvgIpc) is 3.15. The molecule has 3 heterocycles. The standard InChI is InChI=1S/C16H18N4OS/c1-12-14-3-2-6-20(14)9-8-19(12)7-4-15(21)18-16-13(11-17)5-10-22-16/h2-3,5-6,10,12H,4,7-9H2,1H3,(H,18,21)/t12-/m1/s1. The smallest absolute Gasteiger partial charge is 0.226 e. The van der Waals surface area contributed by atoms with Crippen LogP contribution in [-0.4, -0.2) is 28.5 Å². The number of thiophene rings is 1. The van der Waals surface area contributed by atoms with Crippen molar-refractivity contribution in [1.82, 2.24) is 9.47 Å². The molecule has 0 saturated carbocycles. The summed E-state index contributed by atoms with van der Waals surface area (Å²) in [5.41, 5.74) is 1.83. The Kier molecular flexibility index (Phi) is 4.27. The molecule has 3 rings (SSSR count). The number of nitrogens with zero attached hydrogens (tertiary/aromatic N) is 3. The molecule has 22 heavy (non-hydrogen) atoms. The van der Waals surface area contributed by atoms with Crippen molar-refractivity contribution in [2.45, 2.75) is 25.9 Å². The zero-order valence-corrected chi connectivity index (χ0v) is 13.3. The van der Waals surface area contributed by atoms with Crippen molar-refractivity contribution in [2.75, 3.05) is 18.4 Å². The second kappa shape index (κ2) is 6.34. The first-order valence-electron chi connectivity index (χ1n) is 7.35. The third kappa shape index (κ3) is 2.91. The van der Waals surface area contributed by atoms with E-state index >= 15 is 0 Å². The largest absolute Gasteiger partial charge is 0.349 e. The van der Waals surface area contributed by atoms with Gasteiger partial charge >= 0.3 is 0 Å². The summed E-state index contributed by atoms with van der Waals surface area (Å²) in [5, 5.41) is 14.3. The number of carbonyl (C=O) groups is 1. The maximum Gasteiger partial charge on any atom is 0.226 e. The fraction of sp³-hybridized carbons (Fsp3) is 0.375. The number of fused-ring (bicyclic) bond motifs is 1. The maximum absolute atomic E-state index is 12.1. The second-order valence-corrected chi connectivity index (χ2v) is 6.33. The van der Waals surface area contributed by atoms with E-state index in [2.05, 4.69) is 46.1 Å². The molecule has 0 spiro atoms. The molecule has 2 aromatic rings. The van der Waals surface area contributed by atoms with Gasteiger partial charge in [-0.1, -0.05) is 0 Å². The lowest BCUT2D eigenvalue weighted by molar-refractivity contribution is -0.116. The van der Waals surface area contributed by atoms with Gasteiger partial charge in [0.2, 0.25) is 5.91 Å². The molecule has 5 nitrogen and oxygen atoms in total. The Morgan fingerprint density at radius 1 is 1.50 bits per heavy atom. The molecular weight excluding hydrogens is 296 g/mol. The fourth-order valence-electron chi connectivity index (χ4n) is 2.86. The minimum Gasteiger partial charge on any atom is -0.349 e. The molecule has 1 N–H and O–H groups in total. The number of carbonyl (C=O) groups excluding carboxylic acids is 1. The van der Waals surface area contributed by atoms with Crippen LogP contribution in [0.25, 0.3) is 0 Å². The Bertz CT molecular complexity index is 712. The molecule has 0 saturated heterocycles. The molecule has 0 aromatic carbocycles. The number of hydrogen-bond acceptors (Lipinski definition) is 4. The zero-order valence-electron chi connectivity index (χ0n) is 12.5. The first kappa shape index (κ1) is 14.8. The van der Waals surface area contributed by atoms with E-state index in [1.807, 2.05) is 5.38 Å². The summed E-state index contributed by atoms with van der Waals surface area (Å²) in [5.74, 6) is -0.0351. The molecule has 0 fully saturated rings. The van der Waals surface area contributed by atoms with Gasteiger partial charge in [0.1, 0.15) is 11.1 Å². The molecule has 114 valence electrons. The molecule has 2 aromatic heterocycles. The van der Waals surface area contributed by atoms with E-state index in [1.54, 1.807) is 6.07 Å². The van der Waals surface area contributed by atoms with Crippen LogP contribution in [-0.2, 0) is 11.3 Å². The van der Waals surface area contributed by atoms with E-state index in [9.17, 15) is 4.79 Å². The summed E-state index contributed by atoms with van der Waals surface area (Å²) in [6.07, 6.45) is 2.55. The van der Waals surface area contributed by atoms with Crippen molar-refractivity contribution in [3.63, 3.8) is 0 Å². The molecule has 1 amide bonds. The monoisotopic (exact) mass is 314 g/mol. The van der Waals surface area contributed by atoms with Crippen LogP contribution in [0.4, 0.5) is 5.00 Å². The Balaban J connectivity index is 1.55. The molecule has 1 aliphatic heterocycles. The average molecular weight is 314 g/mol. The maximum atomic E-state index is 12.1. The van der Waals surface area contributed by atoms with Gasteiger partial charge in [0.05, 0.1) is 5.56 Å². The van der Waals surface area contributed by atoms with Crippen LogP contribution in [0.2, 0.25) is 0 Å². The lowest BCUT2D eigenvalue weighted by Crippen LogP contribution is -2.38. The summed E-state index contributed by atoms with van der Waals surface area (Å²) < 4.78 is 2.27. The van der Waals surface area contributed by atoms with Gasteiger partial charge in [0, 0.05) is 44.0 Å². The Morgan fingerprint density at radius 2 is 2.36 bits per heavy atom. The number of aromatic nitrogens is 1. The number of anilines is 1. The van der Waals surface area contributed by atoms with Gasteiger partial charge in [0.25, 0.3) is 0 Å². The fourth-order valence-corrected chi connectivity index (χ4v) is 3.61. The Morgan fingerprint density at radius 3 is 3.18 bits per heavy atom. The van der Waals surface area contributed by atoms with Crippen LogP contribution >= 0.6 is 11.3 Å². The number of rotatable bonds is 4. The normalized spacial score (nSPS) is 17.7. The van der Waals surface area contributed by atoms with E-state index in [0.29, 0.717) is 23.0 Å². The lowest BCUT2D eigenvalue weighted by atomic mass is 10.1. The highest BCUT2D eigenvalue weighted by molar-refractivity contribution is 7.14. The molecule has 0 unspecified atom stereocenters. The van der Waals surface area contributed by atoms with Crippen LogP contribution in [0.5, 0.6) is 0 Å². The third-order valence-corrected chi connectivity index (χ3v) is 4.96. The van der Waals surface area contributed by atoms with Crippen LogP contribution in [0, 0.1) is 11.3 Å². The van der Waals surface area contributed by atoms with Gasteiger partial charge in [-0.2, -0.15) is 5.26 Å². The highest BCUT2D eigenvalue weighted by Crippen LogP contribution is 2.26. The number of nitriles is 1. The van der Waals surface area contributed by atoms with Crippen molar-refractivity contribution in [3.8, 4) is 6.07 Å². The predicted octanol–water partition coefficient (Wildman–Crippen LogP) is 2.83. The summed E-state index contributed by atoms with van der Waals surface area (Å²) in [4.78, 5) is 14.4. The molecule has 1 atom stereocenters. The van der Waals surface area contributed by atoms with Gasteiger partial charge in [-0.05, 0) is 30.5 Å². The molecule has 0 aliphatic carbocycles. The van der Waals surface area contributed by atoms with Crippen molar-refractivity contribution in [1.29, 1.82) is 5.26 Å². The lowest BCUT2D eigenvalue weighted by Gasteiger charge is -2.34. The van der Waals surface area contributed by atoms with Crippen molar-refractivity contribution in [3.05, 3.63) is 41.0 Å². The number of nitrogens with one attached hydrogen (secondary N) is 1. The second-order valence-electron chi connectivity index (χ2n) is 5.41. The van der Waals surface area contributed by atoms with Gasteiger partial charge in [-0.3, -0.25) is 9.69 Å². The van der Waals surface area contributed by atoms with Crippen molar-refractivity contribution in [2.24, 2.45) is 0 Å². The number of hydrogen-bond donors (Lipinski definition) is 1. The molecule has 1 aliphatic rings. The topological polar surface area (TPSA) is 61.1 Å². The Hall–Kier alpha value is -2.10. The summed E-state index contributed by atoms with van der Waals surface area (Å²) >= 11 is 1.38. The molecule has 6 heteroatoms. The SMILES string of the molecule is C[C@@H]1c2cccn2CCN1CCC(=O)Nc1sccc1C#N. The minimum atomic E-state index is -0.0351. The highest BCUT2D eigenvalue weighted by atomic mass is 32.1. The van der Waals surface area contributed by atoms with Gasteiger partial charge < -0.3 is 9.88 Å². The van der Waals surface area contributed by atoms with E-state index in [4.69, 9.17) is 5.26 Å². The molecule has 0 radical (unpaired) electrons. The van der Waals surface area contributed by atoms with Gasteiger partial charge in [-0.15, -0.1) is 11.3 Å². The van der Waals surface area contributed by atoms with Crippen molar-refractivity contribution >= 4 is 22.2 Å². The molecule has 0 bridgehead atoms. The van der Waals surface area contributed by atoms with Gasteiger partial charge in [-0.25, -0.2) is 0 Å². The first-order valence-corrected chi connectivity index (χ1v) is 8.23. The van der Waals surface area contributed by atoms with E-state index in [-0.39, 0.29) is 5.91 Å². The minimum absolute atomic E-state index is 0.0351. The Labute approximate surface area is 133 Å². The van der Waals surface area contributed by atoms with Crippen LogP contribution < -0.4 is 5.32 Å². The van der Waals surface area contributed by atoms with Crippen LogP contribution in [0.15, 0.2) is 29.8 Å². The summed E-state index contributed by atoms with van der Waals surface area (Å²) in [6.45, 7) is 4.83. The molecular formula is C16H18N4OS. The van der Waals surface area contributed by atoms with E-state index in [1.165, 1.54) is 17.0 Å². The summed E-state index contributed by atoms with van der Waals surface area (Å²) in [6, 6.07) is 8.35. The zero-order chi connectivity index (χ0) is 15.5. The predicted molar refractivity (Wildman–Crippen MR) is 86.7 cm³/mol. The quantitative estimate of drug-likeness (QED) is 0.944. The third-order valence-electron chi connectivity index (χ3n) is 4.13. The highest BCUT2D eigenvalue weighted by Gasteiger charge is 2.23. The van der Waals surface area contributed by atoms with E-state index in [0.717, 1.165) is 19.6 Å². The van der Waals surface area contributed by atoms with Crippen LogP contribution in [0.3, 0.4) is 0 Å². The number of amides is 1. The first-order chi connectivity index (χ1) is 10.7. The van der Waals surface area contributed by atoms with Crippen LogP contribution in [0.1, 0.15) is 30.6 Å². The van der Waals surface area contributed by atoms with Gasteiger partial charge in [0.15, 0.2) is 0 Å². The van der Waals surface area contributed by atoms with Crippen molar-refractivity contribution < 1.29 is 4.79 Å².